The standard InChI is InChI=1S/C25H27N3O/c1-6-18-7-10-21(11-8-18)27-24(29)20(16-26)13-19-9-12-23-22(14-19)17(2)15-25(3,4)28(23)5/h7-15H,6H2,1-5H3,(H,27,29)/b20-13+. The molecule has 0 radical (unpaired) electrons. The number of carbonyl (C=O) groups is 1. The van der Waals surface area contributed by atoms with Gasteiger partial charge in [0.2, 0.25) is 0 Å². The third-order valence-electron chi connectivity index (χ3n) is 5.54. The smallest absolute Gasteiger partial charge is 0.266 e. The topological polar surface area (TPSA) is 56.1 Å². The minimum atomic E-state index is -0.403. The summed E-state index contributed by atoms with van der Waals surface area (Å²) in [6.07, 6.45) is 4.82. The van der Waals surface area contributed by atoms with Crippen LogP contribution in [-0.4, -0.2) is 18.5 Å². The lowest BCUT2D eigenvalue weighted by Crippen LogP contribution is -2.42. The number of carbonyl (C=O) groups excluding carboxylic acids is 1. The van der Waals surface area contributed by atoms with E-state index < -0.39 is 5.91 Å². The van der Waals surface area contributed by atoms with Crippen molar-refractivity contribution in [2.24, 2.45) is 0 Å². The molecule has 2 aromatic rings. The quantitative estimate of drug-likeness (QED) is 0.564. The van der Waals surface area contributed by atoms with Crippen molar-refractivity contribution in [1.29, 1.82) is 5.26 Å². The Balaban J connectivity index is 1.87. The summed E-state index contributed by atoms with van der Waals surface area (Å²) in [4.78, 5) is 14.8. The van der Waals surface area contributed by atoms with Crippen molar-refractivity contribution in [2.75, 3.05) is 17.3 Å². The van der Waals surface area contributed by atoms with E-state index in [1.54, 1.807) is 6.08 Å². The molecule has 0 aliphatic carbocycles. The van der Waals surface area contributed by atoms with Gasteiger partial charge in [0.1, 0.15) is 11.6 Å². The Morgan fingerprint density at radius 2 is 1.90 bits per heavy atom. The molecule has 0 unspecified atom stereocenters. The largest absolute Gasteiger partial charge is 0.366 e. The van der Waals surface area contributed by atoms with Gasteiger partial charge in [-0.05, 0) is 74.2 Å². The number of rotatable bonds is 4. The van der Waals surface area contributed by atoms with Crippen LogP contribution in [0.3, 0.4) is 0 Å². The molecule has 1 amide bonds. The summed E-state index contributed by atoms with van der Waals surface area (Å²) in [5.74, 6) is -0.403. The van der Waals surface area contributed by atoms with Crippen LogP contribution in [0.2, 0.25) is 0 Å². The van der Waals surface area contributed by atoms with Crippen molar-refractivity contribution in [3.63, 3.8) is 0 Å². The number of fused-ring (bicyclic) bond motifs is 1. The third-order valence-corrected chi connectivity index (χ3v) is 5.54. The van der Waals surface area contributed by atoms with Crippen LogP contribution in [-0.2, 0) is 11.2 Å². The van der Waals surface area contributed by atoms with Crippen LogP contribution in [0.1, 0.15) is 44.4 Å². The summed E-state index contributed by atoms with van der Waals surface area (Å²) < 4.78 is 0. The maximum Gasteiger partial charge on any atom is 0.266 e. The molecule has 0 atom stereocenters. The molecule has 0 fully saturated rings. The van der Waals surface area contributed by atoms with Gasteiger partial charge in [0.05, 0.1) is 5.54 Å². The number of aryl methyl sites for hydroxylation is 1. The van der Waals surface area contributed by atoms with Gasteiger partial charge in [-0.2, -0.15) is 5.26 Å². The van der Waals surface area contributed by atoms with E-state index in [1.165, 1.54) is 11.1 Å². The van der Waals surface area contributed by atoms with Gasteiger partial charge in [0, 0.05) is 24.0 Å². The minimum Gasteiger partial charge on any atom is -0.366 e. The summed E-state index contributed by atoms with van der Waals surface area (Å²) >= 11 is 0. The van der Waals surface area contributed by atoms with E-state index in [0.29, 0.717) is 5.69 Å². The highest BCUT2D eigenvalue weighted by Crippen LogP contribution is 2.38. The van der Waals surface area contributed by atoms with Crippen molar-refractivity contribution >= 4 is 28.9 Å². The van der Waals surface area contributed by atoms with Crippen LogP contribution in [0.5, 0.6) is 0 Å². The van der Waals surface area contributed by atoms with Crippen molar-refractivity contribution in [3.8, 4) is 6.07 Å². The molecule has 0 saturated heterocycles. The fourth-order valence-electron chi connectivity index (χ4n) is 3.60. The van der Waals surface area contributed by atoms with E-state index in [1.807, 2.05) is 42.5 Å². The highest BCUT2D eigenvalue weighted by molar-refractivity contribution is 6.09. The van der Waals surface area contributed by atoms with E-state index in [0.717, 1.165) is 23.2 Å². The van der Waals surface area contributed by atoms with E-state index >= 15 is 0 Å². The number of hydrogen-bond acceptors (Lipinski definition) is 3. The lowest BCUT2D eigenvalue weighted by Gasteiger charge is -2.40. The van der Waals surface area contributed by atoms with E-state index in [2.05, 4.69) is 57.1 Å². The molecular formula is C25H27N3O. The maximum atomic E-state index is 12.6. The molecule has 1 aliphatic heterocycles. The van der Waals surface area contributed by atoms with Crippen LogP contribution >= 0.6 is 0 Å². The number of anilines is 2. The molecule has 3 rings (SSSR count). The number of nitriles is 1. The second-order valence-corrected chi connectivity index (χ2v) is 7.99. The summed E-state index contributed by atoms with van der Waals surface area (Å²) in [5, 5.41) is 12.3. The Hall–Kier alpha value is -3.32. The molecule has 4 heteroatoms. The first-order chi connectivity index (χ1) is 13.7. The van der Waals surface area contributed by atoms with E-state index in [-0.39, 0.29) is 11.1 Å². The lowest BCUT2D eigenvalue weighted by atomic mass is 9.88. The van der Waals surface area contributed by atoms with Crippen molar-refractivity contribution in [2.45, 2.75) is 39.7 Å². The summed E-state index contributed by atoms with van der Waals surface area (Å²) in [5.41, 5.74) is 6.19. The van der Waals surface area contributed by atoms with Crippen molar-refractivity contribution in [1.82, 2.24) is 0 Å². The summed E-state index contributed by atoms with van der Waals surface area (Å²) in [6.45, 7) is 8.54. The predicted octanol–water partition coefficient (Wildman–Crippen LogP) is 5.43. The zero-order chi connectivity index (χ0) is 21.2. The molecule has 4 nitrogen and oxygen atoms in total. The molecule has 148 valence electrons. The van der Waals surface area contributed by atoms with Crippen LogP contribution in [0.25, 0.3) is 11.6 Å². The van der Waals surface area contributed by atoms with Crippen LogP contribution < -0.4 is 10.2 Å². The number of benzene rings is 2. The molecule has 1 heterocycles. The maximum absolute atomic E-state index is 12.6. The number of likely N-dealkylation sites (N-methyl/N-ethyl adjacent to an activating group) is 1. The zero-order valence-corrected chi connectivity index (χ0v) is 17.7. The molecule has 0 saturated carbocycles. The first-order valence-corrected chi connectivity index (χ1v) is 9.85. The predicted molar refractivity (Wildman–Crippen MR) is 121 cm³/mol. The van der Waals surface area contributed by atoms with Gasteiger partial charge in [0.25, 0.3) is 5.91 Å². The number of nitrogens with one attached hydrogen (secondary N) is 1. The average molecular weight is 386 g/mol. The average Bonchev–Trinajstić information content (AvgIpc) is 2.70. The molecule has 0 aromatic heterocycles. The van der Waals surface area contributed by atoms with E-state index in [4.69, 9.17) is 0 Å². The first kappa shape index (κ1) is 20.4. The normalized spacial score (nSPS) is 15.2. The van der Waals surface area contributed by atoms with Gasteiger partial charge in [-0.15, -0.1) is 0 Å². The first-order valence-electron chi connectivity index (χ1n) is 9.85. The fourth-order valence-corrected chi connectivity index (χ4v) is 3.60. The highest BCUT2D eigenvalue weighted by Gasteiger charge is 2.28. The Kier molecular flexibility index (Phi) is 5.61. The Bertz CT molecular complexity index is 1040. The number of allylic oxidation sites excluding steroid dienone is 1. The summed E-state index contributed by atoms with van der Waals surface area (Å²) in [7, 11) is 2.08. The molecule has 29 heavy (non-hydrogen) atoms. The second kappa shape index (κ2) is 7.97. The monoisotopic (exact) mass is 385 g/mol. The Morgan fingerprint density at radius 3 is 2.52 bits per heavy atom. The molecule has 0 bridgehead atoms. The van der Waals surface area contributed by atoms with Crippen LogP contribution in [0, 0.1) is 11.3 Å². The van der Waals surface area contributed by atoms with Gasteiger partial charge in [-0.1, -0.05) is 31.2 Å². The van der Waals surface area contributed by atoms with E-state index in [9.17, 15) is 10.1 Å². The lowest BCUT2D eigenvalue weighted by molar-refractivity contribution is -0.112. The Morgan fingerprint density at radius 1 is 1.21 bits per heavy atom. The zero-order valence-electron chi connectivity index (χ0n) is 17.7. The summed E-state index contributed by atoms with van der Waals surface area (Å²) in [6, 6.07) is 15.7. The van der Waals surface area contributed by atoms with Gasteiger partial charge < -0.3 is 10.2 Å². The third kappa shape index (κ3) is 4.25. The van der Waals surface area contributed by atoms with Gasteiger partial charge >= 0.3 is 0 Å². The molecular weight excluding hydrogens is 358 g/mol. The van der Waals surface area contributed by atoms with Gasteiger partial charge in [-0.25, -0.2) is 0 Å². The van der Waals surface area contributed by atoms with Gasteiger partial charge in [0.15, 0.2) is 0 Å². The molecule has 1 N–H and O–H groups in total. The SMILES string of the molecule is CCc1ccc(NC(=O)/C(C#N)=C/c2ccc3c(c2)C(C)=CC(C)(C)N3C)cc1. The van der Waals surface area contributed by atoms with Crippen molar-refractivity contribution < 1.29 is 4.79 Å². The fraction of sp³-hybridized carbons (Fsp3) is 0.280. The molecule has 0 spiro atoms. The second-order valence-electron chi connectivity index (χ2n) is 7.99. The van der Waals surface area contributed by atoms with Crippen LogP contribution in [0.15, 0.2) is 54.1 Å². The molecule has 1 aliphatic rings. The number of amides is 1. The van der Waals surface area contributed by atoms with Crippen LogP contribution in [0.4, 0.5) is 11.4 Å². The highest BCUT2D eigenvalue weighted by atomic mass is 16.1. The number of hydrogen-bond donors (Lipinski definition) is 1. The van der Waals surface area contributed by atoms with Crippen molar-refractivity contribution in [3.05, 3.63) is 70.8 Å². The Labute approximate surface area is 173 Å². The molecule has 2 aromatic carbocycles. The van der Waals surface area contributed by atoms with Gasteiger partial charge in [-0.3, -0.25) is 4.79 Å². The number of nitrogens with zero attached hydrogens (tertiary/aromatic N) is 2. The minimum absolute atomic E-state index is 0.0561.